The Morgan fingerprint density at radius 1 is 1.16 bits per heavy atom. The minimum absolute atomic E-state index is 0.140. The van der Waals surface area contributed by atoms with Crippen molar-refractivity contribution in [1.29, 1.82) is 0 Å². The number of benzene rings is 1. The first-order chi connectivity index (χ1) is 8.97. The summed E-state index contributed by atoms with van der Waals surface area (Å²) in [5, 5.41) is 8.18. The van der Waals surface area contributed by atoms with Crippen molar-refractivity contribution in [2.24, 2.45) is 5.92 Å². The van der Waals surface area contributed by atoms with Crippen molar-refractivity contribution < 1.29 is 9.59 Å². The minimum Gasteiger partial charge on any atom is -0.338 e. The SMILES string of the molecule is CC(=O)Nc1cccc(NC(=O)NCCC(C)C)c1. The van der Waals surface area contributed by atoms with E-state index in [1.165, 1.54) is 6.92 Å². The summed E-state index contributed by atoms with van der Waals surface area (Å²) in [6, 6.07) is 6.79. The van der Waals surface area contributed by atoms with Crippen molar-refractivity contribution in [3.8, 4) is 0 Å². The van der Waals surface area contributed by atoms with Gasteiger partial charge in [0.15, 0.2) is 0 Å². The van der Waals surface area contributed by atoms with E-state index in [1.807, 2.05) is 0 Å². The van der Waals surface area contributed by atoms with E-state index in [-0.39, 0.29) is 11.9 Å². The summed E-state index contributed by atoms with van der Waals surface area (Å²) in [6.07, 6.45) is 0.944. The van der Waals surface area contributed by atoms with Gasteiger partial charge in [-0.05, 0) is 30.5 Å². The van der Waals surface area contributed by atoms with E-state index in [2.05, 4.69) is 29.8 Å². The van der Waals surface area contributed by atoms with Gasteiger partial charge in [0.1, 0.15) is 0 Å². The zero-order valence-electron chi connectivity index (χ0n) is 11.6. The van der Waals surface area contributed by atoms with Crippen LogP contribution in [0.25, 0.3) is 0 Å². The molecule has 0 bridgehead atoms. The Kier molecular flexibility index (Phi) is 5.85. The van der Waals surface area contributed by atoms with E-state index in [0.29, 0.717) is 23.8 Å². The molecule has 19 heavy (non-hydrogen) atoms. The molecule has 1 rings (SSSR count). The van der Waals surface area contributed by atoms with Crippen LogP contribution in [0.2, 0.25) is 0 Å². The highest BCUT2D eigenvalue weighted by Crippen LogP contribution is 2.14. The molecule has 3 amide bonds. The zero-order valence-corrected chi connectivity index (χ0v) is 11.6. The Bertz CT molecular complexity index is 444. The largest absolute Gasteiger partial charge is 0.338 e. The molecule has 0 aromatic heterocycles. The number of amides is 3. The second-order valence-electron chi connectivity index (χ2n) is 4.83. The summed E-state index contributed by atoms with van der Waals surface area (Å²) in [4.78, 5) is 22.6. The molecule has 5 heteroatoms. The van der Waals surface area contributed by atoms with E-state index in [9.17, 15) is 9.59 Å². The molecular formula is C14H21N3O2. The van der Waals surface area contributed by atoms with Crippen LogP contribution in [0.5, 0.6) is 0 Å². The lowest BCUT2D eigenvalue weighted by molar-refractivity contribution is -0.114. The molecule has 0 spiro atoms. The lowest BCUT2D eigenvalue weighted by Crippen LogP contribution is -2.30. The normalized spacial score (nSPS) is 10.1. The van der Waals surface area contributed by atoms with Crippen LogP contribution >= 0.6 is 0 Å². The summed E-state index contributed by atoms with van der Waals surface area (Å²) in [6.45, 7) is 6.31. The highest BCUT2D eigenvalue weighted by Gasteiger charge is 2.03. The van der Waals surface area contributed by atoms with E-state index >= 15 is 0 Å². The third kappa shape index (κ3) is 6.45. The van der Waals surface area contributed by atoms with E-state index < -0.39 is 0 Å². The van der Waals surface area contributed by atoms with Crippen molar-refractivity contribution in [1.82, 2.24) is 5.32 Å². The molecule has 0 saturated heterocycles. The van der Waals surface area contributed by atoms with Gasteiger partial charge in [-0.25, -0.2) is 4.79 Å². The highest BCUT2D eigenvalue weighted by molar-refractivity contribution is 5.92. The fourth-order valence-corrected chi connectivity index (χ4v) is 1.53. The number of hydrogen-bond donors (Lipinski definition) is 3. The van der Waals surface area contributed by atoms with Crippen LogP contribution in [0.4, 0.5) is 16.2 Å². The lowest BCUT2D eigenvalue weighted by atomic mass is 10.1. The standard InChI is InChI=1S/C14H21N3O2/c1-10(2)7-8-15-14(19)17-13-6-4-5-12(9-13)16-11(3)18/h4-6,9-10H,7-8H2,1-3H3,(H,16,18)(H2,15,17,19). The molecule has 0 unspecified atom stereocenters. The van der Waals surface area contributed by atoms with Crippen LogP contribution in [-0.4, -0.2) is 18.5 Å². The van der Waals surface area contributed by atoms with Gasteiger partial charge in [-0.15, -0.1) is 0 Å². The van der Waals surface area contributed by atoms with Gasteiger partial charge in [0.25, 0.3) is 0 Å². The fourth-order valence-electron chi connectivity index (χ4n) is 1.53. The zero-order chi connectivity index (χ0) is 14.3. The fraction of sp³-hybridized carbons (Fsp3) is 0.429. The van der Waals surface area contributed by atoms with Gasteiger partial charge in [-0.3, -0.25) is 4.79 Å². The molecule has 3 N–H and O–H groups in total. The summed E-state index contributed by atoms with van der Waals surface area (Å²) in [5.41, 5.74) is 1.31. The number of urea groups is 1. The maximum Gasteiger partial charge on any atom is 0.319 e. The Hall–Kier alpha value is -2.04. The van der Waals surface area contributed by atoms with Crippen LogP contribution in [0.3, 0.4) is 0 Å². The molecule has 5 nitrogen and oxygen atoms in total. The number of nitrogens with one attached hydrogen (secondary N) is 3. The third-order valence-corrected chi connectivity index (χ3v) is 2.45. The van der Waals surface area contributed by atoms with E-state index in [4.69, 9.17) is 0 Å². The van der Waals surface area contributed by atoms with Gasteiger partial charge in [0.05, 0.1) is 0 Å². The Labute approximate surface area is 113 Å². The van der Waals surface area contributed by atoms with E-state index in [1.54, 1.807) is 24.3 Å². The van der Waals surface area contributed by atoms with Crippen LogP contribution in [0.15, 0.2) is 24.3 Å². The molecule has 1 aromatic rings. The van der Waals surface area contributed by atoms with Gasteiger partial charge in [0.2, 0.25) is 5.91 Å². The van der Waals surface area contributed by atoms with Gasteiger partial charge < -0.3 is 16.0 Å². The van der Waals surface area contributed by atoms with Gasteiger partial charge in [0, 0.05) is 24.8 Å². The predicted octanol–water partition coefficient (Wildman–Crippen LogP) is 2.81. The van der Waals surface area contributed by atoms with Gasteiger partial charge >= 0.3 is 6.03 Å². The summed E-state index contributed by atoms with van der Waals surface area (Å²) < 4.78 is 0. The molecule has 0 aliphatic heterocycles. The topological polar surface area (TPSA) is 70.2 Å². The van der Waals surface area contributed by atoms with E-state index in [0.717, 1.165) is 6.42 Å². The molecule has 0 aliphatic rings. The Morgan fingerprint density at radius 3 is 2.37 bits per heavy atom. The number of anilines is 2. The van der Waals surface area contributed by atoms with Crippen molar-refractivity contribution in [3.05, 3.63) is 24.3 Å². The molecule has 0 aliphatic carbocycles. The molecule has 104 valence electrons. The average Bonchev–Trinajstić information content (AvgIpc) is 2.27. The summed E-state index contributed by atoms with van der Waals surface area (Å²) >= 11 is 0. The molecule has 0 atom stereocenters. The number of rotatable bonds is 5. The van der Waals surface area contributed by atoms with Crippen LogP contribution in [0.1, 0.15) is 27.2 Å². The van der Waals surface area contributed by atoms with Crippen molar-refractivity contribution in [3.63, 3.8) is 0 Å². The first-order valence-electron chi connectivity index (χ1n) is 6.40. The predicted molar refractivity (Wildman–Crippen MR) is 77.2 cm³/mol. The number of carbonyl (C=O) groups excluding carboxylic acids is 2. The van der Waals surface area contributed by atoms with Crippen molar-refractivity contribution in [2.75, 3.05) is 17.2 Å². The molecule has 1 aromatic carbocycles. The Morgan fingerprint density at radius 2 is 1.79 bits per heavy atom. The van der Waals surface area contributed by atoms with Crippen molar-refractivity contribution >= 4 is 23.3 Å². The smallest absolute Gasteiger partial charge is 0.319 e. The van der Waals surface area contributed by atoms with Gasteiger partial charge in [-0.2, -0.15) is 0 Å². The summed E-state index contributed by atoms with van der Waals surface area (Å²) in [7, 11) is 0. The number of hydrogen-bond acceptors (Lipinski definition) is 2. The maximum absolute atomic E-state index is 11.6. The third-order valence-electron chi connectivity index (χ3n) is 2.45. The van der Waals surface area contributed by atoms with Crippen LogP contribution in [0, 0.1) is 5.92 Å². The molecule has 0 heterocycles. The van der Waals surface area contributed by atoms with Gasteiger partial charge in [-0.1, -0.05) is 19.9 Å². The molecular weight excluding hydrogens is 242 g/mol. The molecule has 0 radical (unpaired) electrons. The monoisotopic (exact) mass is 263 g/mol. The number of carbonyl (C=O) groups is 2. The van der Waals surface area contributed by atoms with Crippen LogP contribution < -0.4 is 16.0 Å². The first kappa shape index (κ1) is 15.0. The minimum atomic E-state index is -0.236. The average molecular weight is 263 g/mol. The van der Waals surface area contributed by atoms with Crippen molar-refractivity contribution in [2.45, 2.75) is 27.2 Å². The lowest BCUT2D eigenvalue weighted by Gasteiger charge is -2.10. The molecule has 0 fully saturated rings. The second kappa shape index (κ2) is 7.41. The second-order valence-corrected chi connectivity index (χ2v) is 4.83. The quantitative estimate of drug-likeness (QED) is 0.764. The molecule has 0 saturated carbocycles. The Balaban J connectivity index is 2.47. The van der Waals surface area contributed by atoms with Crippen LogP contribution in [-0.2, 0) is 4.79 Å². The maximum atomic E-state index is 11.6. The summed E-state index contributed by atoms with van der Waals surface area (Å²) in [5.74, 6) is 0.418. The highest BCUT2D eigenvalue weighted by atomic mass is 16.2. The first-order valence-corrected chi connectivity index (χ1v) is 6.40.